The number of pyridine rings is 1. The van der Waals surface area contributed by atoms with Crippen LogP contribution < -0.4 is 11.2 Å². The molecule has 0 aliphatic carbocycles. The van der Waals surface area contributed by atoms with E-state index in [4.69, 9.17) is 18.0 Å². The van der Waals surface area contributed by atoms with Crippen molar-refractivity contribution in [1.82, 2.24) is 15.4 Å². The van der Waals surface area contributed by atoms with E-state index in [0.717, 1.165) is 10.9 Å². The number of aromatic nitrogens is 1. The molecule has 1 aromatic carbocycles. The number of amides is 1. The van der Waals surface area contributed by atoms with Gasteiger partial charge in [-0.15, -0.1) is 0 Å². The first-order valence-corrected chi connectivity index (χ1v) is 5.67. The van der Waals surface area contributed by atoms with Crippen molar-refractivity contribution < 1.29 is 4.79 Å². The molecule has 0 radical (unpaired) electrons. The summed E-state index contributed by atoms with van der Waals surface area (Å²) in [5.74, 6) is -0.268. The zero-order chi connectivity index (χ0) is 13.1. The molecular formula is C12H12N4OS. The fraction of sp³-hybridized carbons (Fsp3) is 0.0833. The Labute approximate surface area is 110 Å². The molecule has 0 saturated carbocycles. The SMILES string of the molecule is CN(NC(=O)c1ccc2ncccc2c1)C(N)=S. The summed E-state index contributed by atoms with van der Waals surface area (Å²) in [6.07, 6.45) is 1.71. The number of nitrogens with zero attached hydrogens (tertiary/aromatic N) is 2. The Kier molecular flexibility index (Phi) is 3.38. The molecule has 2 rings (SSSR count). The van der Waals surface area contributed by atoms with Crippen LogP contribution in [0.15, 0.2) is 36.5 Å². The second-order valence-corrected chi connectivity index (χ2v) is 4.17. The Morgan fingerprint density at radius 3 is 2.94 bits per heavy atom. The Hall–Kier alpha value is -2.21. The molecule has 2 aromatic rings. The highest BCUT2D eigenvalue weighted by Gasteiger charge is 2.09. The molecule has 0 saturated heterocycles. The molecule has 0 spiro atoms. The van der Waals surface area contributed by atoms with E-state index in [1.165, 1.54) is 5.01 Å². The lowest BCUT2D eigenvalue weighted by Crippen LogP contribution is -2.45. The van der Waals surface area contributed by atoms with E-state index in [9.17, 15) is 4.79 Å². The van der Waals surface area contributed by atoms with Crippen LogP contribution in [-0.4, -0.2) is 28.1 Å². The van der Waals surface area contributed by atoms with Gasteiger partial charge in [0.2, 0.25) is 0 Å². The van der Waals surface area contributed by atoms with E-state index in [0.29, 0.717) is 5.56 Å². The summed E-state index contributed by atoms with van der Waals surface area (Å²) in [6.45, 7) is 0. The van der Waals surface area contributed by atoms with Gasteiger partial charge in [-0.3, -0.25) is 20.2 Å². The van der Waals surface area contributed by atoms with Crippen LogP contribution in [0.3, 0.4) is 0 Å². The molecule has 6 heteroatoms. The fourth-order valence-corrected chi connectivity index (χ4v) is 1.53. The minimum Gasteiger partial charge on any atom is -0.375 e. The van der Waals surface area contributed by atoms with E-state index in [2.05, 4.69) is 10.4 Å². The molecule has 92 valence electrons. The summed E-state index contributed by atoms with van der Waals surface area (Å²) in [5, 5.41) is 2.31. The van der Waals surface area contributed by atoms with Crippen LogP contribution in [0, 0.1) is 0 Å². The van der Waals surface area contributed by atoms with Crippen molar-refractivity contribution in [1.29, 1.82) is 0 Å². The highest BCUT2D eigenvalue weighted by Crippen LogP contribution is 2.13. The quantitative estimate of drug-likeness (QED) is 0.592. The van der Waals surface area contributed by atoms with Crippen LogP contribution in [0.4, 0.5) is 0 Å². The molecule has 5 nitrogen and oxygen atoms in total. The standard InChI is InChI=1S/C12H12N4OS/c1-16(12(13)18)15-11(17)9-4-5-10-8(7-9)3-2-6-14-10/h2-7H,1H3,(H2,13,18)(H,15,17). The lowest BCUT2D eigenvalue weighted by atomic mass is 10.1. The van der Waals surface area contributed by atoms with Gasteiger partial charge in [-0.05, 0) is 36.5 Å². The lowest BCUT2D eigenvalue weighted by molar-refractivity contribution is 0.0888. The monoisotopic (exact) mass is 260 g/mol. The van der Waals surface area contributed by atoms with Crippen molar-refractivity contribution in [2.75, 3.05) is 7.05 Å². The average molecular weight is 260 g/mol. The van der Waals surface area contributed by atoms with Gasteiger partial charge in [-0.1, -0.05) is 6.07 Å². The molecule has 18 heavy (non-hydrogen) atoms. The topological polar surface area (TPSA) is 71.2 Å². The fourth-order valence-electron chi connectivity index (χ4n) is 1.49. The Balaban J connectivity index is 2.25. The Morgan fingerprint density at radius 1 is 1.44 bits per heavy atom. The third-order valence-corrected chi connectivity index (χ3v) is 2.74. The Morgan fingerprint density at radius 2 is 2.22 bits per heavy atom. The molecule has 1 amide bonds. The van der Waals surface area contributed by atoms with Gasteiger partial charge in [0, 0.05) is 24.2 Å². The van der Waals surface area contributed by atoms with Crippen molar-refractivity contribution in [3.63, 3.8) is 0 Å². The number of rotatable bonds is 1. The normalized spacial score (nSPS) is 10.1. The summed E-state index contributed by atoms with van der Waals surface area (Å²) in [4.78, 5) is 16.1. The summed E-state index contributed by atoms with van der Waals surface area (Å²) in [7, 11) is 1.59. The molecule has 0 aliphatic rings. The van der Waals surface area contributed by atoms with Gasteiger partial charge in [-0.2, -0.15) is 0 Å². The zero-order valence-corrected chi connectivity index (χ0v) is 10.6. The second-order valence-electron chi connectivity index (χ2n) is 3.75. The van der Waals surface area contributed by atoms with Crippen molar-refractivity contribution in [2.24, 2.45) is 5.73 Å². The highest BCUT2D eigenvalue weighted by atomic mass is 32.1. The van der Waals surface area contributed by atoms with Crippen LogP contribution in [0.5, 0.6) is 0 Å². The summed E-state index contributed by atoms with van der Waals surface area (Å²) in [6, 6.07) is 9.00. The maximum absolute atomic E-state index is 11.9. The number of fused-ring (bicyclic) bond motifs is 1. The molecule has 0 bridgehead atoms. The van der Waals surface area contributed by atoms with E-state index >= 15 is 0 Å². The number of hydrogen-bond acceptors (Lipinski definition) is 3. The predicted molar refractivity (Wildman–Crippen MR) is 73.8 cm³/mol. The predicted octanol–water partition coefficient (Wildman–Crippen LogP) is 1.05. The summed E-state index contributed by atoms with van der Waals surface area (Å²) >= 11 is 4.74. The molecule has 0 fully saturated rings. The third-order valence-electron chi connectivity index (χ3n) is 2.47. The molecular weight excluding hydrogens is 248 g/mol. The van der Waals surface area contributed by atoms with E-state index in [-0.39, 0.29) is 11.0 Å². The van der Waals surface area contributed by atoms with Gasteiger partial charge in [0.05, 0.1) is 5.52 Å². The number of nitrogens with one attached hydrogen (secondary N) is 1. The van der Waals surface area contributed by atoms with Gasteiger partial charge in [-0.25, -0.2) is 0 Å². The minimum absolute atomic E-state index is 0.103. The van der Waals surface area contributed by atoms with Gasteiger partial charge < -0.3 is 5.73 Å². The van der Waals surface area contributed by atoms with E-state index < -0.39 is 0 Å². The average Bonchev–Trinajstić information content (AvgIpc) is 2.37. The first kappa shape index (κ1) is 12.3. The number of nitrogens with two attached hydrogens (primary N) is 1. The van der Waals surface area contributed by atoms with Crippen LogP contribution in [0.25, 0.3) is 10.9 Å². The summed E-state index contributed by atoms with van der Waals surface area (Å²) < 4.78 is 0. The van der Waals surface area contributed by atoms with Crippen molar-refractivity contribution in [3.8, 4) is 0 Å². The number of hydrogen-bond donors (Lipinski definition) is 2. The minimum atomic E-state index is -0.268. The molecule has 1 aromatic heterocycles. The maximum Gasteiger partial charge on any atom is 0.269 e. The molecule has 0 aliphatic heterocycles. The third kappa shape index (κ3) is 2.54. The zero-order valence-electron chi connectivity index (χ0n) is 9.75. The van der Waals surface area contributed by atoms with Crippen LogP contribution in [0.1, 0.15) is 10.4 Å². The summed E-state index contributed by atoms with van der Waals surface area (Å²) in [5.41, 5.74) is 9.32. The second kappa shape index (κ2) is 4.97. The van der Waals surface area contributed by atoms with Crippen LogP contribution >= 0.6 is 12.2 Å². The molecule has 1 heterocycles. The Bertz CT molecular complexity index is 614. The number of benzene rings is 1. The smallest absolute Gasteiger partial charge is 0.269 e. The first-order chi connectivity index (χ1) is 8.58. The van der Waals surface area contributed by atoms with E-state index in [1.807, 2.05) is 12.1 Å². The molecule has 3 N–H and O–H groups in total. The first-order valence-electron chi connectivity index (χ1n) is 5.27. The highest BCUT2D eigenvalue weighted by molar-refractivity contribution is 7.80. The number of hydrazine groups is 1. The maximum atomic E-state index is 11.9. The van der Waals surface area contributed by atoms with Gasteiger partial charge in [0.1, 0.15) is 0 Å². The molecule has 0 unspecified atom stereocenters. The van der Waals surface area contributed by atoms with Crippen LogP contribution in [-0.2, 0) is 0 Å². The number of carbonyl (C=O) groups excluding carboxylic acids is 1. The van der Waals surface area contributed by atoms with Gasteiger partial charge >= 0.3 is 0 Å². The number of thiocarbonyl (C=S) groups is 1. The van der Waals surface area contributed by atoms with Crippen molar-refractivity contribution >= 4 is 34.1 Å². The molecule has 0 atom stereocenters. The van der Waals surface area contributed by atoms with Crippen molar-refractivity contribution in [3.05, 3.63) is 42.1 Å². The van der Waals surface area contributed by atoms with Crippen molar-refractivity contribution in [2.45, 2.75) is 0 Å². The van der Waals surface area contributed by atoms with E-state index in [1.54, 1.807) is 31.4 Å². The lowest BCUT2D eigenvalue weighted by Gasteiger charge is -2.17. The van der Waals surface area contributed by atoms with Gasteiger partial charge in [0.25, 0.3) is 5.91 Å². The number of carbonyl (C=O) groups is 1. The van der Waals surface area contributed by atoms with Crippen LogP contribution in [0.2, 0.25) is 0 Å². The largest absolute Gasteiger partial charge is 0.375 e. The van der Waals surface area contributed by atoms with Gasteiger partial charge in [0.15, 0.2) is 5.11 Å².